The number of ether oxygens (including phenoxy) is 1. The van der Waals surface area contributed by atoms with Crippen LogP contribution in [0.4, 0.5) is 5.82 Å². The zero-order valence-electron chi connectivity index (χ0n) is 10.9. The van der Waals surface area contributed by atoms with E-state index in [-0.39, 0.29) is 12.2 Å². The van der Waals surface area contributed by atoms with Crippen molar-refractivity contribution in [1.29, 1.82) is 0 Å². The molecule has 1 aliphatic heterocycles. The van der Waals surface area contributed by atoms with E-state index in [9.17, 15) is 0 Å². The Morgan fingerprint density at radius 3 is 3.00 bits per heavy atom. The second kappa shape index (κ2) is 5.47. The monoisotopic (exact) mass is 320 g/mol. The maximum atomic E-state index is 5.88. The summed E-state index contributed by atoms with van der Waals surface area (Å²) >= 11 is 3.52. The first-order valence-electron chi connectivity index (χ1n) is 6.58. The standard InChI is InChI=1S/C15H17BrN2O/c1-11-9-18(10-13(8-16)19-11)15-14-5-3-2-4-12(14)6-7-17-15/h2-7,11,13H,8-10H2,1H3. The molecule has 1 saturated heterocycles. The van der Waals surface area contributed by atoms with Gasteiger partial charge >= 0.3 is 0 Å². The molecule has 1 aliphatic rings. The van der Waals surface area contributed by atoms with E-state index in [0.29, 0.717) is 0 Å². The number of anilines is 1. The summed E-state index contributed by atoms with van der Waals surface area (Å²) in [5, 5.41) is 3.31. The van der Waals surface area contributed by atoms with Crippen molar-refractivity contribution in [3.63, 3.8) is 0 Å². The number of rotatable bonds is 2. The minimum absolute atomic E-state index is 0.226. The minimum Gasteiger partial charge on any atom is -0.371 e. The van der Waals surface area contributed by atoms with Crippen LogP contribution in [0.2, 0.25) is 0 Å². The Kier molecular flexibility index (Phi) is 3.71. The lowest BCUT2D eigenvalue weighted by molar-refractivity contribution is -0.00213. The molecule has 0 saturated carbocycles. The van der Waals surface area contributed by atoms with Gasteiger partial charge in [-0.15, -0.1) is 0 Å². The van der Waals surface area contributed by atoms with E-state index in [1.54, 1.807) is 0 Å². The van der Waals surface area contributed by atoms with Crippen LogP contribution < -0.4 is 4.90 Å². The quantitative estimate of drug-likeness (QED) is 0.794. The lowest BCUT2D eigenvalue weighted by Gasteiger charge is -2.37. The van der Waals surface area contributed by atoms with Crippen molar-refractivity contribution in [2.75, 3.05) is 23.3 Å². The summed E-state index contributed by atoms with van der Waals surface area (Å²) in [5.41, 5.74) is 0. The molecule has 1 aromatic heterocycles. The fraction of sp³-hybridized carbons (Fsp3) is 0.400. The Bertz CT molecular complexity index is 570. The third-order valence-corrected chi connectivity index (χ3v) is 4.17. The Morgan fingerprint density at radius 1 is 1.32 bits per heavy atom. The largest absolute Gasteiger partial charge is 0.371 e. The molecule has 100 valence electrons. The Morgan fingerprint density at radius 2 is 2.16 bits per heavy atom. The molecule has 19 heavy (non-hydrogen) atoms. The number of alkyl halides is 1. The Balaban J connectivity index is 1.99. The topological polar surface area (TPSA) is 25.4 Å². The van der Waals surface area contributed by atoms with Crippen LogP contribution in [0.5, 0.6) is 0 Å². The number of aromatic nitrogens is 1. The van der Waals surface area contributed by atoms with E-state index in [2.05, 4.69) is 63.1 Å². The van der Waals surface area contributed by atoms with Gasteiger partial charge in [0.05, 0.1) is 12.2 Å². The molecule has 0 radical (unpaired) electrons. The van der Waals surface area contributed by atoms with E-state index in [0.717, 1.165) is 24.2 Å². The van der Waals surface area contributed by atoms with E-state index in [4.69, 9.17) is 4.74 Å². The van der Waals surface area contributed by atoms with Crippen LogP contribution in [0, 0.1) is 0 Å². The normalized spacial score (nSPS) is 23.8. The highest BCUT2D eigenvalue weighted by Gasteiger charge is 2.26. The summed E-state index contributed by atoms with van der Waals surface area (Å²) in [7, 11) is 0. The van der Waals surface area contributed by atoms with Crippen molar-refractivity contribution in [3.8, 4) is 0 Å². The van der Waals surface area contributed by atoms with Crippen LogP contribution in [0.15, 0.2) is 36.5 Å². The fourth-order valence-electron chi connectivity index (χ4n) is 2.66. The van der Waals surface area contributed by atoms with Crippen LogP contribution in [0.3, 0.4) is 0 Å². The van der Waals surface area contributed by atoms with E-state index < -0.39 is 0 Å². The van der Waals surface area contributed by atoms with Crippen LogP contribution in [0.25, 0.3) is 10.8 Å². The molecule has 0 N–H and O–H groups in total. The van der Waals surface area contributed by atoms with Gasteiger partial charge in [0.25, 0.3) is 0 Å². The molecule has 2 heterocycles. The van der Waals surface area contributed by atoms with Crippen molar-refractivity contribution in [2.24, 2.45) is 0 Å². The number of nitrogens with zero attached hydrogens (tertiary/aromatic N) is 2. The summed E-state index contributed by atoms with van der Waals surface area (Å²) < 4.78 is 5.88. The molecular weight excluding hydrogens is 304 g/mol. The van der Waals surface area contributed by atoms with Gasteiger partial charge < -0.3 is 9.64 Å². The molecule has 0 spiro atoms. The first kappa shape index (κ1) is 12.9. The third kappa shape index (κ3) is 2.60. The second-order valence-electron chi connectivity index (χ2n) is 4.98. The number of fused-ring (bicyclic) bond motifs is 1. The number of halogens is 1. The zero-order valence-corrected chi connectivity index (χ0v) is 12.5. The fourth-order valence-corrected chi connectivity index (χ4v) is 3.02. The SMILES string of the molecule is CC1CN(c2nccc3ccccc23)CC(CBr)O1. The minimum atomic E-state index is 0.226. The van der Waals surface area contributed by atoms with Crippen molar-refractivity contribution in [2.45, 2.75) is 19.1 Å². The smallest absolute Gasteiger partial charge is 0.136 e. The van der Waals surface area contributed by atoms with Crippen LogP contribution in [-0.2, 0) is 4.74 Å². The van der Waals surface area contributed by atoms with Crippen LogP contribution in [-0.4, -0.2) is 35.6 Å². The lowest BCUT2D eigenvalue weighted by atomic mass is 10.1. The van der Waals surface area contributed by atoms with Gasteiger partial charge in [0.2, 0.25) is 0 Å². The lowest BCUT2D eigenvalue weighted by Crippen LogP contribution is -2.47. The van der Waals surface area contributed by atoms with Crippen molar-refractivity contribution >= 4 is 32.5 Å². The number of hydrogen-bond acceptors (Lipinski definition) is 3. The van der Waals surface area contributed by atoms with Gasteiger partial charge in [0.1, 0.15) is 5.82 Å². The molecule has 1 aromatic carbocycles. The third-order valence-electron chi connectivity index (χ3n) is 3.45. The molecule has 0 bridgehead atoms. The molecule has 1 fully saturated rings. The highest BCUT2D eigenvalue weighted by molar-refractivity contribution is 9.09. The van der Waals surface area contributed by atoms with E-state index >= 15 is 0 Å². The molecule has 3 rings (SSSR count). The van der Waals surface area contributed by atoms with Gasteiger partial charge in [0, 0.05) is 30.0 Å². The first-order chi connectivity index (χ1) is 9.28. The molecule has 2 aromatic rings. The van der Waals surface area contributed by atoms with Crippen LogP contribution >= 0.6 is 15.9 Å². The average molecular weight is 321 g/mol. The van der Waals surface area contributed by atoms with Crippen molar-refractivity contribution in [3.05, 3.63) is 36.5 Å². The van der Waals surface area contributed by atoms with Gasteiger partial charge in [-0.3, -0.25) is 0 Å². The summed E-state index contributed by atoms with van der Waals surface area (Å²) in [6.07, 6.45) is 2.35. The predicted octanol–water partition coefficient (Wildman–Crippen LogP) is 3.22. The Hall–Kier alpha value is -1.13. The van der Waals surface area contributed by atoms with Gasteiger partial charge in [-0.1, -0.05) is 40.2 Å². The van der Waals surface area contributed by atoms with Crippen LogP contribution in [0.1, 0.15) is 6.92 Å². The van der Waals surface area contributed by atoms with Gasteiger partial charge in [-0.25, -0.2) is 4.98 Å². The van der Waals surface area contributed by atoms with Crippen molar-refractivity contribution in [1.82, 2.24) is 4.98 Å². The summed E-state index contributed by atoms with van der Waals surface area (Å²) in [5.74, 6) is 1.07. The maximum absolute atomic E-state index is 5.88. The number of pyridine rings is 1. The highest BCUT2D eigenvalue weighted by atomic mass is 79.9. The van der Waals surface area contributed by atoms with E-state index in [1.165, 1.54) is 10.8 Å². The van der Waals surface area contributed by atoms with Crippen molar-refractivity contribution < 1.29 is 4.74 Å². The molecular formula is C15H17BrN2O. The highest BCUT2D eigenvalue weighted by Crippen LogP contribution is 2.27. The molecule has 0 amide bonds. The van der Waals surface area contributed by atoms with Gasteiger partial charge in [-0.05, 0) is 18.4 Å². The molecule has 2 unspecified atom stereocenters. The predicted molar refractivity (Wildman–Crippen MR) is 82.1 cm³/mol. The van der Waals surface area contributed by atoms with Gasteiger partial charge in [-0.2, -0.15) is 0 Å². The summed E-state index contributed by atoms with van der Waals surface area (Å²) in [4.78, 5) is 6.92. The Labute approximate surface area is 121 Å². The summed E-state index contributed by atoms with van der Waals surface area (Å²) in [6.45, 7) is 3.90. The number of hydrogen-bond donors (Lipinski definition) is 0. The molecule has 4 heteroatoms. The average Bonchev–Trinajstić information content (AvgIpc) is 2.46. The summed E-state index contributed by atoms with van der Waals surface area (Å²) in [6, 6.07) is 10.5. The maximum Gasteiger partial charge on any atom is 0.136 e. The second-order valence-corrected chi connectivity index (χ2v) is 5.63. The molecule has 2 atom stereocenters. The van der Waals surface area contributed by atoms with E-state index in [1.807, 2.05) is 6.20 Å². The zero-order chi connectivity index (χ0) is 13.2. The first-order valence-corrected chi connectivity index (χ1v) is 7.70. The van der Waals surface area contributed by atoms with Gasteiger partial charge in [0.15, 0.2) is 0 Å². The molecule has 0 aliphatic carbocycles. The number of benzene rings is 1. The number of morpholine rings is 1. The molecule has 3 nitrogen and oxygen atoms in total.